The van der Waals surface area contributed by atoms with Crippen LogP contribution in [0.2, 0.25) is 0 Å². The van der Waals surface area contributed by atoms with Crippen LogP contribution in [0, 0.1) is 0 Å². The van der Waals surface area contributed by atoms with E-state index in [0.717, 1.165) is 13.1 Å². The quantitative estimate of drug-likeness (QED) is 0.429. The lowest BCUT2D eigenvalue weighted by Gasteiger charge is -2.32. The number of rotatable bonds is 4. The Morgan fingerprint density at radius 1 is 1.56 bits per heavy atom. The zero-order valence-corrected chi connectivity index (χ0v) is 6.92. The Labute approximate surface area is 62.6 Å². The largest absolute Gasteiger partial charge is 0.785 e. The van der Waals surface area contributed by atoms with Crippen LogP contribution in [0.15, 0.2) is 0 Å². The van der Waals surface area contributed by atoms with E-state index < -0.39 is 0 Å². The topological polar surface area (TPSA) is 38.0 Å². The molecule has 0 saturated carbocycles. The van der Waals surface area contributed by atoms with E-state index in [9.17, 15) is 0 Å². The van der Waals surface area contributed by atoms with Gasteiger partial charge in [0, 0.05) is 13.1 Å². The van der Waals surface area contributed by atoms with E-state index in [1.54, 1.807) is 0 Å². The predicted molar refractivity (Wildman–Crippen MR) is 43.4 cm³/mol. The lowest BCUT2D eigenvalue weighted by molar-refractivity contribution is 0.597. The van der Waals surface area contributed by atoms with Crippen molar-refractivity contribution in [2.45, 2.75) is 18.6 Å². The van der Waals surface area contributed by atoms with Crippen molar-refractivity contribution in [2.24, 2.45) is 5.73 Å². The average molecular weight is 147 g/mol. The second kappa shape index (κ2) is 4.14. The summed E-state index contributed by atoms with van der Waals surface area (Å²) in [4.78, 5) is 0. The number of hydrogen-bond donors (Lipinski definition) is 2. The summed E-state index contributed by atoms with van der Waals surface area (Å²) in [6.07, 6.45) is 0. The smallest absolute Gasteiger partial charge is 0.00739 e. The van der Waals surface area contributed by atoms with Crippen LogP contribution in [0.1, 0.15) is 13.8 Å². The van der Waals surface area contributed by atoms with Gasteiger partial charge in [0.05, 0.1) is 0 Å². The molecular weight excluding hydrogens is 132 g/mol. The van der Waals surface area contributed by atoms with Crippen molar-refractivity contribution in [3.05, 3.63) is 0 Å². The molecule has 0 rings (SSSR count). The fraction of sp³-hybridized carbons (Fsp3) is 1.00. The molecule has 0 heterocycles. The van der Waals surface area contributed by atoms with E-state index in [2.05, 4.69) is 5.32 Å². The Kier molecular flexibility index (Phi) is 4.27. The second-order valence-electron chi connectivity index (χ2n) is 2.73. The first-order valence-electron chi connectivity index (χ1n) is 3.17. The van der Waals surface area contributed by atoms with Gasteiger partial charge < -0.3 is 23.7 Å². The molecule has 0 amide bonds. The number of nitrogens with two attached hydrogens (primary N) is 1. The molecular formula is C6H15N2S-. The van der Waals surface area contributed by atoms with Gasteiger partial charge in [0.2, 0.25) is 0 Å². The first-order valence-corrected chi connectivity index (χ1v) is 3.58. The summed E-state index contributed by atoms with van der Waals surface area (Å²) in [7, 11) is 0. The minimum Gasteiger partial charge on any atom is -0.785 e. The fourth-order valence-corrected chi connectivity index (χ4v) is 0.594. The van der Waals surface area contributed by atoms with Gasteiger partial charge in [0.15, 0.2) is 0 Å². The molecule has 0 aliphatic carbocycles. The van der Waals surface area contributed by atoms with Gasteiger partial charge in [-0.05, 0) is 6.54 Å². The van der Waals surface area contributed by atoms with Crippen LogP contribution >= 0.6 is 0 Å². The van der Waals surface area contributed by atoms with Crippen LogP contribution < -0.4 is 11.1 Å². The average Bonchev–Trinajstić information content (AvgIpc) is 1.63. The van der Waals surface area contributed by atoms with E-state index in [1.165, 1.54) is 0 Å². The van der Waals surface area contributed by atoms with Crippen molar-refractivity contribution >= 4 is 12.6 Å². The van der Waals surface area contributed by atoms with Gasteiger partial charge in [-0.25, -0.2) is 0 Å². The Balaban J connectivity index is 3.07. The maximum atomic E-state index is 5.26. The Morgan fingerprint density at radius 2 is 2.11 bits per heavy atom. The summed E-state index contributed by atoms with van der Waals surface area (Å²) in [6, 6.07) is 0. The highest BCUT2D eigenvalue weighted by Crippen LogP contribution is 1.98. The lowest BCUT2D eigenvalue weighted by atomic mass is 10.2. The van der Waals surface area contributed by atoms with Gasteiger partial charge in [0.1, 0.15) is 0 Å². The molecule has 3 N–H and O–H groups in total. The third-order valence-electron chi connectivity index (χ3n) is 0.872. The van der Waals surface area contributed by atoms with Crippen molar-refractivity contribution in [3.63, 3.8) is 0 Å². The zero-order chi connectivity index (χ0) is 7.33. The van der Waals surface area contributed by atoms with E-state index in [4.69, 9.17) is 18.4 Å². The van der Waals surface area contributed by atoms with E-state index >= 15 is 0 Å². The molecule has 0 aromatic carbocycles. The summed E-state index contributed by atoms with van der Waals surface area (Å²) in [6.45, 7) is 6.45. The van der Waals surface area contributed by atoms with E-state index in [-0.39, 0.29) is 4.75 Å². The van der Waals surface area contributed by atoms with Crippen molar-refractivity contribution < 1.29 is 0 Å². The lowest BCUT2D eigenvalue weighted by Crippen LogP contribution is -2.35. The molecule has 2 nitrogen and oxygen atoms in total. The summed E-state index contributed by atoms with van der Waals surface area (Å²) in [5.41, 5.74) is 5.26. The highest BCUT2D eigenvalue weighted by atomic mass is 32.1. The van der Waals surface area contributed by atoms with Gasteiger partial charge in [0.25, 0.3) is 0 Å². The minimum absolute atomic E-state index is 0.0326. The molecule has 0 spiro atoms. The van der Waals surface area contributed by atoms with Crippen LogP contribution in [0.25, 0.3) is 0 Å². The molecule has 0 saturated heterocycles. The number of nitrogens with one attached hydrogen (secondary N) is 1. The van der Waals surface area contributed by atoms with Crippen LogP contribution in [0.3, 0.4) is 0 Å². The highest BCUT2D eigenvalue weighted by molar-refractivity contribution is 7.60. The predicted octanol–water partition coefficient (Wildman–Crippen LogP) is -0.140. The first-order chi connectivity index (χ1) is 4.06. The Bertz CT molecular complexity index is 67.9. The molecule has 0 atom stereocenters. The van der Waals surface area contributed by atoms with Crippen molar-refractivity contribution in [2.75, 3.05) is 19.6 Å². The maximum Gasteiger partial charge on any atom is 0.00739 e. The summed E-state index contributed by atoms with van der Waals surface area (Å²) >= 11 is 5.09. The number of hydrogen-bond acceptors (Lipinski definition) is 3. The maximum absolute atomic E-state index is 5.26. The molecule has 3 heteroatoms. The highest BCUT2D eigenvalue weighted by Gasteiger charge is 1.96. The molecule has 0 unspecified atom stereocenters. The summed E-state index contributed by atoms with van der Waals surface area (Å²) in [5, 5.41) is 3.15. The third kappa shape index (κ3) is 8.27. The zero-order valence-electron chi connectivity index (χ0n) is 6.11. The molecule has 0 fully saturated rings. The van der Waals surface area contributed by atoms with Gasteiger partial charge in [-0.3, -0.25) is 0 Å². The van der Waals surface area contributed by atoms with Crippen LogP contribution in [-0.2, 0) is 12.6 Å². The van der Waals surface area contributed by atoms with Gasteiger partial charge in [-0.2, -0.15) is 0 Å². The molecule has 0 aromatic rings. The van der Waals surface area contributed by atoms with Crippen LogP contribution in [0.5, 0.6) is 0 Å². The molecule has 0 radical (unpaired) electrons. The van der Waals surface area contributed by atoms with Crippen molar-refractivity contribution in [1.82, 2.24) is 5.32 Å². The Morgan fingerprint density at radius 3 is 2.44 bits per heavy atom. The second-order valence-corrected chi connectivity index (χ2v) is 3.83. The summed E-state index contributed by atoms with van der Waals surface area (Å²) < 4.78 is -0.0326. The minimum atomic E-state index is -0.0326. The molecule has 0 aliphatic heterocycles. The monoisotopic (exact) mass is 147 g/mol. The standard InChI is InChI=1S/C6H16N2S/c1-6(2,9)5-8-4-3-7/h8-9H,3-5,7H2,1-2H3/p-1. The van der Waals surface area contributed by atoms with E-state index in [1.807, 2.05) is 13.8 Å². The molecule has 9 heavy (non-hydrogen) atoms. The van der Waals surface area contributed by atoms with Gasteiger partial charge in [-0.1, -0.05) is 13.8 Å². The Hall–Kier alpha value is 0.270. The molecule has 0 bridgehead atoms. The SMILES string of the molecule is CC(C)([S-])CNCCN. The van der Waals surface area contributed by atoms with E-state index in [0.29, 0.717) is 6.54 Å². The van der Waals surface area contributed by atoms with Gasteiger partial charge in [-0.15, -0.1) is 4.75 Å². The third-order valence-corrected chi connectivity index (χ3v) is 1.02. The molecule has 56 valence electrons. The molecule has 0 aromatic heterocycles. The van der Waals surface area contributed by atoms with Crippen molar-refractivity contribution in [3.8, 4) is 0 Å². The van der Waals surface area contributed by atoms with Crippen molar-refractivity contribution in [1.29, 1.82) is 0 Å². The molecule has 0 aliphatic rings. The van der Waals surface area contributed by atoms with Crippen LogP contribution in [-0.4, -0.2) is 24.4 Å². The van der Waals surface area contributed by atoms with Gasteiger partial charge >= 0.3 is 0 Å². The normalized spacial score (nSPS) is 12.0. The fourth-order valence-electron chi connectivity index (χ4n) is 0.491. The first kappa shape index (κ1) is 9.27. The summed E-state index contributed by atoms with van der Waals surface area (Å²) in [5.74, 6) is 0. The van der Waals surface area contributed by atoms with Crippen LogP contribution in [0.4, 0.5) is 0 Å².